The van der Waals surface area contributed by atoms with Crippen LogP contribution >= 0.6 is 0 Å². The fourth-order valence-corrected chi connectivity index (χ4v) is 14.3. The molecule has 7 aromatic rings. The zero-order valence-electron chi connectivity index (χ0n) is 41.5. The molecule has 6 heterocycles. The van der Waals surface area contributed by atoms with Crippen LogP contribution in [-0.4, -0.2) is 79.7 Å². The topological polar surface area (TPSA) is 168 Å². The van der Waals surface area contributed by atoms with Gasteiger partial charge in [0.25, 0.3) is 5.91 Å². The Balaban J connectivity index is 1.05. The number of rotatable bonds is 10. The first-order valence-electron chi connectivity index (χ1n) is 24.6. The molecule has 11 rings (SSSR count). The number of hydrogen-bond acceptors (Lipinski definition) is 9. The van der Waals surface area contributed by atoms with Gasteiger partial charge in [0.2, 0.25) is 0 Å². The summed E-state index contributed by atoms with van der Waals surface area (Å²) in [6, 6.07) is 14.1. The van der Waals surface area contributed by atoms with E-state index in [0.29, 0.717) is 69.8 Å². The van der Waals surface area contributed by atoms with E-state index in [1.165, 1.54) is 28.4 Å². The Kier molecular flexibility index (Phi) is 11.0. The zero-order valence-corrected chi connectivity index (χ0v) is 42.3. The molecule has 1 saturated heterocycles. The van der Waals surface area contributed by atoms with Gasteiger partial charge in [-0.1, -0.05) is 32.0 Å². The Morgan fingerprint density at radius 2 is 1.68 bits per heavy atom. The SMILES string of the molecule is CN=S(=O)(c1ccc(-n2ccn(-c3c4c(nn3-c3cc(C)c(F)c(C)c3)CCN(C(=O)c3cc5cc([C@H]6CCOC(C)(C)C6)ccc5n3[C@@]3(c5noc(=O)[nH]5)C[C@@H]3C)[C@H]4C)c2=O)c(F)c1C(C)C)C1CC1. The highest BCUT2D eigenvalue weighted by Crippen LogP contribution is 2.56. The predicted octanol–water partition coefficient (Wildman–Crippen LogP) is 9.30. The van der Waals surface area contributed by atoms with Crippen molar-refractivity contribution >= 4 is 26.5 Å². The van der Waals surface area contributed by atoms with E-state index in [0.717, 1.165) is 42.1 Å². The van der Waals surface area contributed by atoms with E-state index in [-0.39, 0.29) is 58.1 Å². The lowest BCUT2D eigenvalue weighted by molar-refractivity contribution is -0.0592. The van der Waals surface area contributed by atoms with E-state index in [1.807, 2.05) is 31.4 Å². The third-order valence-electron chi connectivity index (χ3n) is 15.6. The molecule has 1 unspecified atom stereocenters. The standard InChI is InChI=1S/C53H59F2N9O6S/c1-28(2)43-42(71(68,56-9)37-11-12-37)15-14-40(46(43)55)61-19-20-62(51(61)67)47-44-32(6)60(18-16-38(44)58-64(47)36-22-29(3)45(54)30(4)23-36)48(65)41-25-35-24-33(34-17-21-69-52(7,8)27-34)10-13-39(35)63(41)53(26-31(53)5)49-57-50(66)70-59-49/h10,13-15,19-20,22-25,28,31-32,34,37H,11-12,16-18,21,26-27H2,1-9H3,(H,57,59,66)/t31-,32-,34-,53-,71?/m0/s1. The van der Waals surface area contributed by atoms with Crippen LogP contribution in [0.3, 0.4) is 0 Å². The zero-order chi connectivity index (χ0) is 50.2. The number of hydrogen-bond donors (Lipinski definition) is 1. The summed E-state index contributed by atoms with van der Waals surface area (Å²) in [4.78, 5) is 48.1. The van der Waals surface area contributed by atoms with E-state index in [4.69, 9.17) is 14.4 Å². The molecule has 4 aliphatic rings. The molecular weight excluding hydrogens is 929 g/mol. The van der Waals surface area contributed by atoms with Crippen LogP contribution in [0.2, 0.25) is 0 Å². The summed E-state index contributed by atoms with van der Waals surface area (Å²) >= 11 is 0. The van der Waals surface area contributed by atoms with Gasteiger partial charge in [0, 0.05) is 66.3 Å². The number of amides is 1. The first-order valence-corrected chi connectivity index (χ1v) is 26.2. The van der Waals surface area contributed by atoms with Crippen LogP contribution in [-0.2, 0) is 26.4 Å². The number of fused-ring (bicyclic) bond motifs is 2. The van der Waals surface area contributed by atoms with Crippen molar-refractivity contribution in [3.05, 3.63) is 139 Å². The van der Waals surface area contributed by atoms with Gasteiger partial charge in [0.1, 0.15) is 22.9 Å². The van der Waals surface area contributed by atoms with Gasteiger partial charge < -0.3 is 14.2 Å². The second-order valence-electron chi connectivity index (χ2n) is 21.1. The molecule has 1 amide bonds. The summed E-state index contributed by atoms with van der Waals surface area (Å²) in [6.45, 7) is 16.1. The van der Waals surface area contributed by atoms with E-state index in [1.54, 1.807) is 47.8 Å². The number of aryl methyl sites for hydroxylation is 2. The summed E-state index contributed by atoms with van der Waals surface area (Å²) < 4.78 is 68.3. The number of benzene rings is 3. The average Bonchev–Trinajstić information content (AvgIpc) is 4.07. The summed E-state index contributed by atoms with van der Waals surface area (Å²) in [5.41, 5.74) is 3.34. The Morgan fingerprint density at radius 1 is 0.958 bits per heavy atom. The number of ether oxygens (including phenoxy) is 1. The first-order chi connectivity index (χ1) is 33.8. The van der Waals surface area contributed by atoms with Crippen LogP contribution in [0.1, 0.15) is 141 Å². The molecule has 0 spiro atoms. The van der Waals surface area contributed by atoms with Gasteiger partial charge >= 0.3 is 11.4 Å². The predicted molar refractivity (Wildman–Crippen MR) is 265 cm³/mol. The van der Waals surface area contributed by atoms with Crippen LogP contribution in [0.4, 0.5) is 8.78 Å². The van der Waals surface area contributed by atoms with E-state index in [2.05, 4.69) is 53.5 Å². The van der Waals surface area contributed by atoms with Crippen LogP contribution < -0.4 is 11.4 Å². The number of nitrogens with one attached hydrogen (secondary N) is 1. The minimum atomic E-state index is -2.89. The van der Waals surface area contributed by atoms with Crippen molar-refractivity contribution < 1.29 is 27.0 Å². The fraction of sp³-hybridized carbons (Fsp3) is 0.453. The Bertz CT molecular complexity index is 3580. The van der Waals surface area contributed by atoms with Crippen molar-refractivity contribution in [3.8, 4) is 17.2 Å². The van der Waals surface area contributed by atoms with Crippen molar-refractivity contribution in [1.82, 2.24) is 38.5 Å². The van der Waals surface area contributed by atoms with Crippen molar-refractivity contribution in [1.29, 1.82) is 0 Å². The molecule has 2 aliphatic heterocycles. The number of nitrogens with zero attached hydrogens (tertiary/aromatic N) is 8. The lowest BCUT2D eigenvalue weighted by Crippen LogP contribution is -2.41. The highest BCUT2D eigenvalue weighted by atomic mass is 32.2. The van der Waals surface area contributed by atoms with Crippen molar-refractivity contribution in [2.75, 3.05) is 20.2 Å². The smallest absolute Gasteiger partial charge is 0.376 e. The monoisotopic (exact) mass is 987 g/mol. The molecule has 5 atom stereocenters. The maximum atomic E-state index is 17.1. The Labute approximate surface area is 410 Å². The molecule has 0 bridgehead atoms. The molecular formula is C53H59F2N9O6S. The molecule has 18 heteroatoms. The van der Waals surface area contributed by atoms with Gasteiger partial charge in [0.15, 0.2) is 11.6 Å². The van der Waals surface area contributed by atoms with Gasteiger partial charge in [-0.3, -0.25) is 23.4 Å². The number of aromatic amines is 1. The highest BCUT2D eigenvalue weighted by Gasteiger charge is 2.59. The third-order valence-corrected chi connectivity index (χ3v) is 18.5. The molecule has 1 N–H and O–H groups in total. The normalized spacial score (nSPS) is 22.8. The van der Waals surface area contributed by atoms with Gasteiger partial charge in [0.05, 0.1) is 43.3 Å². The van der Waals surface area contributed by atoms with Crippen LogP contribution in [0.15, 0.2) is 84.3 Å². The quantitative estimate of drug-likeness (QED) is 0.142. The van der Waals surface area contributed by atoms with Crippen molar-refractivity contribution in [2.45, 2.75) is 133 Å². The molecule has 2 aliphatic carbocycles. The van der Waals surface area contributed by atoms with Gasteiger partial charge in [-0.2, -0.15) is 5.10 Å². The molecule has 0 radical (unpaired) electrons. The second kappa shape index (κ2) is 16.6. The lowest BCUT2D eigenvalue weighted by atomic mass is 9.83. The number of carbonyl (C=O) groups is 1. The van der Waals surface area contributed by atoms with E-state index < -0.39 is 38.6 Å². The lowest BCUT2D eigenvalue weighted by Gasteiger charge is -2.35. The highest BCUT2D eigenvalue weighted by molar-refractivity contribution is 7.94. The van der Waals surface area contributed by atoms with Crippen molar-refractivity contribution in [2.24, 2.45) is 10.3 Å². The van der Waals surface area contributed by atoms with Crippen molar-refractivity contribution in [3.63, 3.8) is 0 Å². The van der Waals surface area contributed by atoms with Crippen LogP contribution in [0.5, 0.6) is 0 Å². The molecule has 4 aromatic heterocycles. The molecule has 372 valence electrons. The fourth-order valence-electron chi connectivity index (χ4n) is 11.8. The first kappa shape index (κ1) is 47.0. The molecule has 2 saturated carbocycles. The summed E-state index contributed by atoms with van der Waals surface area (Å²) in [6.07, 6.45) is 7.17. The second-order valence-corrected chi connectivity index (χ2v) is 23.7. The minimum Gasteiger partial charge on any atom is -0.376 e. The Hall–Kier alpha value is -6.40. The molecule has 15 nitrogen and oxygen atoms in total. The van der Waals surface area contributed by atoms with E-state index >= 15 is 18.4 Å². The molecule has 3 fully saturated rings. The third kappa shape index (κ3) is 7.32. The number of H-pyrrole nitrogens is 1. The van der Waals surface area contributed by atoms with Gasteiger partial charge in [-0.15, -0.1) is 0 Å². The minimum absolute atomic E-state index is 0.0127. The number of aromatic nitrogens is 7. The number of halogens is 2. The summed E-state index contributed by atoms with van der Waals surface area (Å²) in [5.74, 6) is -1.46. The number of carbonyl (C=O) groups excluding carboxylic acids is 1. The average molecular weight is 988 g/mol. The largest absolute Gasteiger partial charge is 0.438 e. The van der Waals surface area contributed by atoms with Gasteiger partial charge in [-0.05, 0) is 144 Å². The number of imidazole rings is 1. The molecule has 71 heavy (non-hydrogen) atoms. The van der Waals surface area contributed by atoms with Gasteiger partial charge in [-0.25, -0.2) is 31.6 Å². The van der Waals surface area contributed by atoms with Crippen LogP contribution in [0, 0.1) is 31.4 Å². The van der Waals surface area contributed by atoms with E-state index in [9.17, 15) is 9.00 Å². The maximum Gasteiger partial charge on any atom is 0.438 e. The van der Waals surface area contributed by atoms with Crippen LogP contribution in [0.25, 0.3) is 28.1 Å². The maximum absolute atomic E-state index is 17.1. The summed E-state index contributed by atoms with van der Waals surface area (Å²) in [5, 5.41) is 10.0. The Morgan fingerprint density at radius 3 is 2.31 bits per heavy atom. The summed E-state index contributed by atoms with van der Waals surface area (Å²) in [7, 11) is -1.38. The molecule has 3 aromatic carbocycles.